The lowest BCUT2D eigenvalue weighted by Gasteiger charge is -2.28. The third-order valence-electron chi connectivity index (χ3n) is 2.07. The summed E-state index contributed by atoms with van der Waals surface area (Å²) in [6.45, 7) is 2.85. The molecule has 0 aromatic rings. The van der Waals surface area contributed by atoms with Crippen molar-refractivity contribution in [3.05, 3.63) is 0 Å². The summed E-state index contributed by atoms with van der Waals surface area (Å²) >= 11 is 4.20. The van der Waals surface area contributed by atoms with Crippen molar-refractivity contribution in [1.29, 1.82) is 5.26 Å². The molecule has 0 spiro atoms. The average Bonchev–Trinajstić information content (AvgIpc) is 2.22. The fraction of sp³-hybridized carbons (Fsp3) is 0.700. The number of likely N-dealkylation sites (N-methyl/N-ethyl adjacent to an activating group) is 1. The number of thiol groups is 1. The smallest absolute Gasteiger partial charge is 0.326 e. The molecular weight excluding hydrogens is 242 g/mol. The van der Waals surface area contributed by atoms with Crippen LogP contribution in [-0.2, 0) is 14.3 Å². The van der Waals surface area contributed by atoms with Gasteiger partial charge in [-0.15, -0.1) is 0 Å². The molecule has 6 nitrogen and oxygen atoms in total. The van der Waals surface area contributed by atoms with Crippen LogP contribution in [0.5, 0.6) is 0 Å². The van der Waals surface area contributed by atoms with E-state index in [-0.39, 0.29) is 13.2 Å². The number of hydrogen-bond donors (Lipinski definition) is 2. The molecule has 0 aliphatic rings. The van der Waals surface area contributed by atoms with Crippen molar-refractivity contribution < 1.29 is 14.3 Å². The second-order valence-electron chi connectivity index (χ2n) is 4.14. The largest absolute Gasteiger partial charge is 0.449 e. The Morgan fingerprint density at radius 1 is 1.59 bits per heavy atom. The lowest BCUT2D eigenvalue weighted by Crippen LogP contribution is -2.52. The van der Waals surface area contributed by atoms with Gasteiger partial charge in [-0.25, -0.2) is 0 Å². The molecule has 2 N–H and O–H groups in total. The predicted molar refractivity (Wildman–Crippen MR) is 65.2 cm³/mol. The number of carbonyl (C=O) groups is 2. The monoisotopic (exact) mass is 259 g/mol. The Kier molecular flexibility index (Phi) is 5.99. The second kappa shape index (κ2) is 6.47. The predicted octanol–water partition coefficient (Wildman–Crippen LogP) is -0.453. The zero-order valence-electron chi connectivity index (χ0n) is 10.1. The van der Waals surface area contributed by atoms with E-state index in [0.717, 1.165) is 4.90 Å². The van der Waals surface area contributed by atoms with Crippen molar-refractivity contribution >= 4 is 24.5 Å². The first-order chi connectivity index (χ1) is 7.70. The molecule has 0 aliphatic heterocycles. The maximum absolute atomic E-state index is 11.8. The van der Waals surface area contributed by atoms with Gasteiger partial charge in [0.2, 0.25) is 5.91 Å². The summed E-state index contributed by atoms with van der Waals surface area (Å²) in [6, 6.07) is 0.845. The van der Waals surface area contributed by atoms with E-state index < -0.39 is 22.7 Å². The summed E-state index contributed by atoms with van der Waals surface area (Å²) in [5.41, 5.74) is 5.70. The highest BCUT2D eigenvalue weighted by Gasteiger charge is 2.31. The molecule has 1 amide bonds. The molecule has 0 fully saturated rings. The Labute approximate surface area is 106 Å². The number of rotatable bonds is 5. The normalized spacial score (nSPS) is 12.5. The minimum atomic E-state index is -0.820. The molecule has 0 radical (unpaired) electrons. The maximum atomic E-state index is 11.8. The highest BCUT2D eigenvalue weighted by atomic mass is 32.1. The van der Waals surface area contributed by atoms with E-state index in [1.165, 1.54) is 7.05 Å². The summed E-state index contributed by atoms with van der Waals surface area (Å²) in [6.07, 6.45) is 0. The molecule has 1 atom stereocenters. The Morgan fingerprint density at radius 3 is 2.53 bits per heavy atom. The van der Waals surface area contributed by atoms with Crippen LogP contribution >= 0.6 is 12.6 Å². The van der Waals surface area contributed by atoms with Gasteiger partial charge >= 0.3 is 5.97 Å². The first-order valence-electron chi connectivity index (χ1n) is 4.95. The molecule has 0 aromatic heterocycles. The van der Waals surface area contributed by atoms with Gasteiger partial charge in [-0.1, -0.05) is 0 Å². The molecular formula is C10H17N3O3S. The molecule has 96 valence electrons. The van der Waals surface area contributed by atoms with Crippen molar-refractivity contribution in [2.75, 3.05) is 20.2 Å². The van der Waals surface area contributed by atoms with Crippen LogP contribution in [0.4, 0.5) is 0 Å². The fourth-order valence-electron chi connectivity index (χ4n) is 0.970. The van der Waals surface area contributed by atoms with E-state index in [1.54, 1.807) is 19.9 Å². The quantitative estimate of drug-likeness (QED) is 0.515. The molecule has 0 saturated heterocycles. The van der Waals surface area contributed by atoms with E-state index in [4.69, 9.17) is 11.0 Å². The fourth-order valence-corrected chi connectivity index (χ4v) is 1.08. The van der Waals surface area contributed by atoms with Gasteiger partial charge in [0.05, 0.1) is 6.04 Å². The van der Waals surface area contributed by atoms with Gasteiger partial charge in [-0.2, -0.15) is 17.9 Å². The summed E-state index contributed by atoms with van der Waals surface area (Å²) in [5.74, 6) is -1.05. The molecule has 0 rings (SSSR count). The number of nitrogens with zero attached hydrogens (tertiary/aromatic N) is 2. The average molecular weight is 259 g/mol. The summed E-state index contributed by atoms with van der Waals surface area (Å²) < 4.78 is 3.84. The molecule has 0 unspecified atom stereocenters. The minimum absolute atomic E-state index is 0.238. The van der Waals surface area contributed by atoms with Gasteiger partial charge in [0.1, 0.15) is 12.6 Å². The van der Waals surface area contributed by atoms with Gasteiger partial charge in [-0.05, 0) is 13.8 Å². The van der Waals surface area contributed by atoms with Gasteiger partial charge in [-0.3, -0.25) is 9.59 Å². The SMILES string of the molecule is CN(CC(=O)OCC#N)C(=O)[C@@H](N)C(C)(C)S. The first kappa shape index (κ1) is 15.7. The lowest BCUT2D eigenvalue weighted by atomic mass is 10.0. The van der Waals surface area contributed by atoms with Gasteiger partial charge in [0.25, 0.3) is 0 Å². The molecule has 0 aromatic carbocycles. The molecule has 0 heterocycles. The Morgan fingerprint density at radius 2 is 2.12 bits per heavy atom. The molecule has 17 heavy (non-hydrogen) atoms. The highest BCUT2D eigenvalue weighted by Crippen LogP contribution is 2.17. The Balaban J connectivity index is 4.33. The van der Waals surface area contributed by atoms with E-state index in [1.807, 2.05) is 0 Å². The molecule has 0 bridgehead atoms. The van der Waals surface area contributed by atoms with Crippen molar-refractivity contribution in [3.63, 3.8) is 0 Å². The van der Waals surface area contributed by atoms with Crippen LogP contribution in [0.1, 0.15) is 13.8 Å². The van der Waals surface area contributed by atoms with Crippen molar-refractivity contribution in [3.8, 4) is 6.07 Å². The summed E-state index contributed by atoms with van der Waals surface area (Å²) in [5, 5.41) is 8.22. The number of nitriles is 1. The number of ether oxygens (including phenoxy) is 1. The Bertz CT molecular complexity index is 333. The second-order valence-corrected chi connectivity index (χ2v) is 5.30. The number of amides is 1. The van der Waals surface area contributed by atoms with Gasteiger partial charge < -0.3 is 15.4 Å². The van der Waals surface area contributed by atoms with Gasteiger partial charge in [0, 0.05) is 11.8 Å². The Hall–Kier alpha value is -1.26. The van der Waals surface area contributed by atoms with E-state index in [9.17, 15) is 9.59 Å². The summed E-state index contributed by atoms with van der Waals surface area (Å²) in [4.78, 5) is 24.1. The van der Waals surface area contributed by atoms with E-state index in [0.29, 0.717) is 0 Å². The van der Waals surface area contributed by atoms with Crippen LogP contribution < -0.4 is 5.73 Å². The van der Waals surface area contributed by atoms with Crippen molar-refractivity contribution in [2.24, 2.45) is 5.73 Å². The van der Waals surface area contributed by atoms with Crippen LogP contribution in [0, 0.1) is 11.3 Å². The van der Waals surface area contributed by atoms with Crippen molar-refractivity contribution in [2.45, 2.75) is 24.6 Å². The number of esters is 1. The topological polar surface area (TPSA) is 96.4 Å². The van der Waals surface area contributed by atoms with E-state index in [2.05, 4.69) is 17.4 Å². The van der Waals surface area contributed by atoms with Crippen LogP contribution in [-0.4, -0.2) is 47.8 Å². The standard InChI is InChI=1S/C10H17N3O3S/c1-10(2,17)8(12)9(15)13(3)6-7(14)16-5-4-11/h8,17H,5-6,12H2,1-3H3/t8-/m1/s1. The zero-order chi connectivity index (χ0) is 13.6. The van der Waals surface area contributed by atoms with Crippen LogP contribution in [0.3, 0.4) is 0 Å². The highest BCUT2D eigenvalue weighted by molar-refractivity contribution is 7.81. The third kappa shape index (κ3) is 5.56. The first-order valence-corrected chi connectivity index (χ1v) is 5.40. The summed E-state index contributed by atoms with van der Waals surface area (Å²) in [7, 11) is 1.44. The maximum Gasteiger partial charge on any atom is 0.326 e. The molecule has 7 heteroatoms. The zero-order valence-corrected chi connectivity index (χ0v) is 11.0. The minimum Gasteiger partial charge on any atom is -0.449 e. The third-order valence-corrected chi connectivity index (χ3v) is 2.35. The van der Waals surface area contributed by atoms with E-state index >= 15 is 0 Å². The molecule has 0 aliphatic carbocycles. The van der Waals surface area contributed by atoms with Crippen LogP contribution in [0.15, 0.2) is 0 Å². The van der Waals surface area contributed by atoms with Crippen LogP contribution in [0.2, 0.25) is 0 Å². The van der Waals surface area contributed by atoms with Crippen LogP contribution in [0.25, 0.3) is 0 Å². The van der Waals surface area contributed by atoms with Gasteiger partial charge in [0.15, 0.2) is 6.61 Å². The number of carbonyl (C=O) groups excluding carboxylic acids is 2. The number of nitrogens with two attached hydrogens (primary N) is 1. The number of hydrogen-bond acceptors (Lipinski definition) is 6. The lowest BCUT2D eigenvalue weighted by molar-refractivity contribution is -0.147. The molecule has 0 saturated carbocycles. The van der Waals surface area contributed by atoms with Crippen molar-refractivity contribution in [1.82, 2.24) is 4.90 Å².